The van der Waals surface area contributed by atoms with Gasteiger partial charge in [-0.3, -0.25) is 29.1 Å². The van der Waals surface area contributed by atoms with E-state index in [1.807, 2.05) is 45.9 Å². The van der Waals surface area contributed by atoms with Crippen molar-refractivity contribution >= 4 is 59.0 Å². The lowest BCUT2D eigenvalue weighted by Crippen LogP contribution is -2.59. The van der Waals surface area contributed by atoms with Crippen molar-refractivity contribution in [2.75, 3.05) is 24.6 Å². The Morgan fingerprint density at radius 1 is 1.00 bits per heavy atom. The van der Waals surface area contributed by atoms with E-state index in [0.717, 1.165) is 23.5 Å². The number of nitrogens with zero attached hydrogens (tertiary/aromatic N) is 3. The van der Waals surface area contributed by atoms with E-state index in [1.165, 1.54) is 11.2 Å². The molecule has 4 rings (SSSR count). The first-order valence-corrected chi connectivity index (χ1v) is 19.8. The predicted molar refractivity (Wildman–Crippen MR) is 203 cm³/mol. The lowest BCUT2D eigenvalue weighted by Gasteiger charge is -2.36. The van der Waals surface area contributed by atoms with Crippen molar-refractivity contribution < 1.29 is 33.5 Å². The van der Waals surface area contributed by atoms with E-state index in [2.05, 4.69) is 36.4 Å². The number of H-pyrrole nitrogens is 1. The Morgan fingerprint density at radius 2 is 1.68 bits per heavy atom. The molecule has 0 radical (unpaired) electrons. The molecule has 1 aromatic carbocycles. The summed E-state index contributed by atoms with van der Waals surface area (Å²) in [6.07, 6.45) is 2.53. The fraction of sp³-hybridized carbons (Fsp3) is 0.611. The van der Waals surface area contributed by atoms with Crippen LogP contribution in [0.4, 0.5) is 4.79 Å². The SMILES string of the molecule is CCCC(NC(=O)[C@@H]1CC2(CN1C(=O)C(NC(=O)OC(C)(C)C)C(C)(C)C)SCCCS2)C(=O)C(=O)NCC(=O)NC(c1ccccc1)c1ncn[nH]1. The second-order valence-corrected chi connectivity index (χ2v) is 18.5. The Labute approximate surface area is 319 Å². The molecule has 290 valence electrons. The fourth-order valence-corrected chi connectivity index (χ4v) is 9.47. The molecule has 1 aromatic heterocycles. The van der Waals surface area contributed by atoms with Crippen LogP contribution in [0.3, 0.4) is 0 Å². The Morgan fingerprint density at radius 3 is 2.26 bits per heavy atom. The van der Waals surface area contributed by atoms with Crippen LogP contribution in [0.1, 0.15) is 91.6 Å². The van der Waals surface area contributed by atoms with Gasteiger partial charge in [0, 0.05) is 13.0 Å². The number of aromatic nitrogens is 3. The van der Waals surface area contributed by atoms with Gasteiger partial charge in [0.25, 0.3) is 5.91 Å². The number of thioether (sulfide) groups is 2. The first-order valence-electron chi connectivity index (χ1n) is 17.8. The first kappa shape index (κ1) is 41.6. The van der Waals surface area contributed by atoms with Gasteiger partial charge in [0.2, 0.25) is 23.5 Å². The lowest BCUT2D eigenvalue weighted by molar-refractivity contribution is -0.144. The number of nitrogens with one attached hydrogen (secondary N) is 5. The number of amides is 5. The second kappa shape index (κ2) is 17.8. The third-order valence-corrected chi connectivity index (χ3v) is 12.0. The molecule has 15 nitrogen and oxygen atoms in total. The van der Waals surface area contributed by atoms with Gasteiger partial charge in [-0.15, -0.1) is 23.5 Å². The van der Waals surface area contributed by atoms with E-state index in [4.69, 9.17) is 4.74 Å². The molecule has 4 atom stereocenters. The summed E-state index contributed by atoms with van der Waals surface area (Å²) in [7, 11) is 0. The number of ketones is 1. The van der Waals surface area contributed by atoms with Crippen LogP contribution < -0.4 is 21.3 Å². The molecule has 0 bridgehead atoms. The molecule has 5 N–H and O–H groups in total. The van der Waals surface area contributed by atoms with Gasteiger partial charge < -0.3 is 30.9 Å². The number of carbonyl (C=O) groups is 6. The number of alkyl carbamates (subject to hydrolysis) is 1. The molecule has 2 aliphatic heterocycles. The molecule has 1 spiro atoms. The number of likely N-dealkylation sites (tertiary alicyclic amines) is 1. The molecule has 0 aliphatic carbocycles. The van der Waals surface area contributed by atoms with E-state index in [9.17, 15) is 28.8 Å². The summed E-state index contributed by atoms with van der Waals surface area (Å²) in [6, 6.07) is 5.22. The number of carbonyl (C=O) groups excluding carboxylic acids is 6. The van der Waals surface area contributed by atoms with Crippen molar-refractivity contribution in [2.24, 2.45) is 5.41 Å². The van der Waals surface area contributed by atoms with Crippen LogP contribution in [0, 0.1) is 5.41 Å². The topological polar surface area (TPSA) is 205 Å². The van der Waals surface area contributed by atoms with Crippen LogP contribution >= 0.6 is 23.5 Å². The van der Waals surface area contributed by atoms with Gasteiger partial charge in [-0.25, -0.2) is 9.78 Å². The summed E-state index contributed by atoms with van der Waals surface area (Å²) in [4.78, 5) is 86.6. The normalized spacial score (nSPS) is 18.7. The van der Waals surface area contributed by atoms with Crippen molar-refractivity contribution in [3.8, 4) is 0 Å². The molecule has 2 aromatic rings. The van der Waals surface area contributed by atoms with Gasteiger partial charge in [-0.05, 0) is 56.1 Å². The van der Waals surface area contributed by atoms with Crippen LogP contribution in [0.2, 0.25) is 0 Å². The van der Waals surface area contributed by atoms with Gasteiger partial charge in [0.1, 0.15) is 30.1 Å². The summed E-state index contributed by atoms with van der Waals surface area (Å²) in [5.41, 5.74) is -0.797. The highest BCUT2D eigenvalue weighted by molar-refractivity contribution is 8.18. The largest absolute Gasteiger partial charge is 0.444 e. The van der Waals surface area contributed by atoms with Crippen LogP contribution in [0.25, 0.3) is 0 Å². The Bertz CT molecular complexity index is 1610. The molecule has 2 saturated heterocycles. The maximum atomic E-state index is 14.4. The molecular weight excluding hydrogens is 721 g/mol. The first-order chi connectivity index (χ1) is 24.9. The molecule has 2 fully saturated rings. The Balaban J connectivity index is 1.47. The predicted octanol–water partition coefficient (Wildman–Crippen LogP) is 3.09. The highest BCUT2D eigenvalue weighted by atomic mass is 32.2. The third kappa shape index (κ3) is 11.4. The number of hydrogen-bond acceptors (Lipinski definition) is 11. The van der Waals surface area contributed by atoms with Crippen molar-refractivity contribution in [3.63, 3.8) is 0 Å². The summed E-state index contributed by atoms with van der Waals surface area (Å²) < 4.78 is 5.02. The van der Waals surface area contributed by atoms with E-state index in [1.54, 1.807) is 56.4 Å². The molecule has 3 heterocycles. The highest BCUT2D eigenvalue weighted by Crippen LogP contribution is 2.50. The maximum Gasteiger partial charge on any atom is 0.408 e. The summed E-state index contributed by atoms with van der Waals surface area (Å²) in [5, 5.41) is 17.3. The molecule has 53 heavy (non-hydrogen) atoms. The van der Waals surface area contributed by atoms with Crippen LogP contribution in [0.5, 0.6) is 0 Å². The number of benzene rings is 1. The number of ether oxygens (including phenoxy) is 1. The van der Waals surface area contributed by atoms with Gasteiger partial charge in [-0.2, -0.15) is 5.10 Å². The van der Waals surface area contributed by atoms with Gasteiger partial charge in [-0.1, -0.05) is 64.4 Å². The number of Topliss-reactive ketones (excluding diaryl/α,β-unsaturated/α-hetero) is 1. The Kier molecular flexibility index (Phi) is 14.0. The van der Waals surface area contributed by atoms with Crippen LogP contribution in [-0.2, 0) is 28.7 Å². The lowest BCUT2D eigenvalue weighted by atomic mass is 9.85. The summed E-state index contributed by atoms with van der Waals surface area (Å²) in [6.45, 7) is 12.2. The number of aromatic amines is 1. The molecule has 5 amide bonds. The molecular formula is C36H52N8O7S2. The molecule has 2 aliphatic rings. The van der Waals surface area contributed by atoms with E-state index in [0.29, 0.717) is 18.7 Å². The van der Waals surface area contributed by atoms with E-state index < -0.39 is 81.3 Å². The standard InChI is InChI=1S/C36H52N8O7S2/c1-8-13-23(27(46)31(48)37-19-25(45)41-26(29-38-21-39-43-29)22-14-10-9-11-15-22)40-30(47)24-18-36(52-16-12-17-53-36)20-44(24)32(49)28(34(2,3)4)42-33(50)51-35(5,6)7/h9-11,14-15,21,23-24,26,28H,8,12-13,16-20H2,1-7H3,(H,37,48)(H,40,47)(H,41,45)(H,42,50)(H,38,39,43)/t23?,24-,26?,28?/m0/s1. The third-order valence-electron chi connectivity index (χ3n) is 8.66. The molecule has 3 unspecified atom stereocenters. The monoisotopic (exact) mass is 772 g/mol. The zero-order chi connectivity index (χ0) is 39.0. The van der Waals surface area contributed by atoms with Crippen molar-refractivity contribution in [3.05, 3.63) is 48.0 Å². The number of hydrogen-bond donors (Lipinski definition) is 5. The smallest absolute Gasteiger partial charge is 0.408 e. The zero-order valence-corrected chi connectivity index (χ0v) is 33.1. The Hall–Kier alpha value is -4.12. The van der Waals surface area contributed by atoms with Crippen molar-refractivity contribution in [1.29, 1.82) is 0 Å². The zero-order valence-electron chi connectivity index (χ0n) is 31.4. The van der Waals surface area contributed by atoms with Crippen molar-refractivity contribution in [2.45, 2.75) is 108 Å². The molecule has 17 heteroatoms. The van der Waals surface area contributed by atoms with Gasteiger partial charge in [0.15, 0.2) is 5.82 Å². The van der Waals surface area contributed by atoms with Crippen LogP contribution in [0.15, 0.2) is 36.7 Å². The van der Waals surface area contributed by atoms with Gasteiger partial charge >= 0.3 is 6.09 Å². The minimum Gasteiger partial charge on any atom is -0.444 e. The number of rotatable bonds is 13. The average molecular weight is 773 g/mol. The van der Waals surface area contributed by atoms with Crippen molar-refractivity contribution in [1.82, 2.24) is 41.3 Å². The average Bonchev–Trinajstić information content (AvgIpc) is 3.76. The van der Waals surface area contributed by atoms with E-state index >= 15 is 0 Å². The maximum absolute atomic E-state index is 14.4. The second-order valence-electron chi connectivity index (χ2n) is 15.3. The summed E-state index contributed by atoms with van der Waals surface area (Å²) >= 11 is 3.41. The van der Waals surface area contributed by atoms with Gasteiger partial charge in [0.05, 0.1) is 16.7 Å². The highest BCUT2D eigenvalue weighted by Gasteiger charge is 2.53. The summed E-state index contributed by atoms with van der Waals surface area (Å²) in [5.74, 6) is -1.38. The van der Waals surface area contributed by atoms with Crippen LogP contribution in [-0.4, -0.2) is 108 Å². The van der Waals surface area contributed by atoms with E-state index in [-0.39, 0.29) is 13.0 Å². The minimum atomic E-state index is -1.19. The quantitative estimate of drug-likeness (QED) is 0.187. The minimum absolute atomic E-state index is 0.159. The molecule has 0 saturated carbocycles. The fourth-order valence-electron chi connectivity index (χ4n) is 6.12.